The second-order valence-corrected chi connectivity index (χ2v) is 6.67. The van der Waals surface area contributed by atoms with Crippen molar-refractivity contribution in [1.82, 2.24) is 0 Å². The fourth-order valence-electron chi connectivity index (χ4n) is 2.52. The van der Waals surface area contributed by atoms with E-state index in [1.165, 1.54) is 6.07 Å². The molecule has 5 heteroatoms. The Kier molecular flexibility index (Phi) is 4.17. The molecule has 1 amide bonds. The number of benzene rings is 2. The van der Waals surface area contributed by atoms with Crippen LogP contribution in [0.4, 0.5) is 10.1 Å². The van der Waals surface area contributed by atoms with Gasteiger partial charge in [-0.3, -0.25) is 4.79 Å². The van der Waals surface area contributed by atoms with Crippen LogP contribution < -0.4 is 4.90 Å². The average molecular weight is 416 g/mol. The number of aryl methyl sites for hydroxylation is 1. The minimum Gasteiger partial charge on any atom is -0.308 e. The van der Waals surface area contributed by atoms with Crippen LogP contribution in [0.15, 0.2) is 36.4 Å². The van der Waals surface area contributed by atoms with Gasteiger partial charge in [0.25, 0.3) is 0 Å². The molecule has 2 aromatic rings. The Morgan fingerprint density at radius 2 is 2.00 bits per heavy atom. The fourth-order valence-corrected chi connectivity index (χ4v) is 3.24. The second-order valence-electron chi connectivity index (χ2n) is 4.99. The predicted octanol–water partition coefficient (Wildman–Crippen LogP) is 4.56. The number of rotatable bonds is 2. The van der Waals surface area contributed by atoms with Gasteiger partial charge in [0.15, 0.2) is 0 Å². The molecule has 1 aliphatic rings. The van der Waals surface area contributed by atoms with Crippen LogP contribution in [0.1, 0.15) is 17.5 Å². The Bertz CT molecular complexity index is 719. The van der Waals surface area contributed by atoms with Crippen LogP contribution in [0.2, 0.25) is 5.02 Å². The summed E-state index contributed by atoms with van der Waals surface area (Å²) in [7, 11) is 0. The lowest BCUT2D eigenvalue weighted by atomic mass is 10.0. The number of carbonyl (C=O) groups excluding carboxylic acids is 1. The van der Waals surface area contributed by atoms with E-state index in [4.69, 9.17) is 11.6 Å². The minimum atomic E-state index is -0.382. The Labute approximate surface area is 141 Å². The zero-order valence-corrected chi connectivity index (χ0v) is 14.0. The number of carbonyl (C=O) groups is 1. The zero-order valence-electron chi connectivity index (χ0n) is 11.1. The van der Waals surface area contributed by atoms with Gasteiger partial charge in [-0.05, 0) is 64.9 Å². The average Bonchev–Trinajstić information content (AvgIpc) is 2.44. The number of hydrogen-bond acceptors (Lipinski definition) is 1. The van der Waals surface area contributed by atoms with Gasteiger partial charge >= 0.3 is 0 Å². The summed E-state index contributed by atoms with van der Waals surface area (Å²) in [6.07, 6.45) is 1.20. The lowest BCUT2D eigenvalue weighted by molar-refractivity contribution is -0.119. The first-order chi connectivity index (χ1) is 10.0. The van der Waals surface area contributed by atoms with E-state index in [2.05, 4.69) is 28.7 Å². The molecule has 1 aliphatic heterocycles. The van der Waals surface area contributed by atoms with E-state index >= 15 is 0 Å². The standard InChI is InChI=1S/C16H12ClFINO/c17-12-3-1-11(14(18)8-12)9-20-15-5-4-13(19)7-10(15)2-6-16(20)21/h1,3-5,7-8H,2,6,9H2. The summed E-state index contributed by atoms with van der Waals surface area (Å²) >= 11 is 8.02. The van der Waals surface area contributed by atoms with Crippen LogP contribution in [0.5, 0.6) is 0 Å². The predicted molar refractivity (Wildman–Crippen MR) is 90.1 cm³/mol. The van der Waals surface area contributed by atoms with Gasteiger partial charge in [-0.1, -0.05) is 17.7 Å². The largest absolute Gasteiger partial charge is 0.308 e. The van der Waals surface area contributed by atoms with Gasteiger partial charge in [0.1, 0.15) is 5.82 Å². The van der Waals surface area contributed by atoms with Crippen molar-refractivity contribution < 1.29 is 9.18 Å². The van der Waals surface area contributed by atoms with Crippen LogP contribution in [-0.4, -0.2) is 5.91 Å². The molecule has 0 bridgehead atoms. The number of nitrogens with zero attached hydrogens (tertiary/aromatic N) is 1. The van der Waals surface area contributed by atoms with Crippen LogP contribution in [-0.2, 0) is 17.8 Å². The van der Waals surface area contributed by atoms with Crippen LogP contribution in [0.25, 0.3) is 0 Å². The summed E-state index contributed by atoms with van der Waals surface area (Å²) in [5.41, 5.74) is 2.48. The van der Waals surface area contributed by atoms with Crippen molar-refractivity contribution in [2.24, 2.45) is 0 Å². The van der Waals surface area contributed by atoms with Crippen molar-refractivity contribution in [2.75, 3.05) is 4.90 Å². The maximum atomic E-state index is 13.9. The van der Waals surface area contributed by atoms with Crippen LogP contribution >= 0.6 is 34.2 Å². The summed E-state index contributed by atoms with van der Waals surface area (Å²) in [6, 6.07) is 10.5. The molecule has 2 nitrogen and oxygen atoms in total. The topological polar surface area (TPSA) is 20.3 Å². The first kappa shape index (κ1) is 14.8. The fraction of sp³-hybridized carbons (Fsp3) is 0.188. The maximum Gasteiger partial charge on any atom is 0.227 e. The molecule has 0 radical (unpaired) electrons. The molecule has 0 fully saturated rings. The lowest BCUT2D eigenvalue weighted by Gasteiger charge is -2.29. The van der Waals surface area contributed by atoms with Gasteiger partial charge < -0.3 is 4.90 Å². The molecule has 3 rings (SSSR count). The molecular formula is C16H12ClFINO. The van der Waals surface area contributed by atoms with Crippen molar-refractivity contribution >= 4 is 45.8 Å². The molecule has 0 N–H and O–H groups in total. The van der Waals surface area contributed by atoms with Crippen molar-refractivity contribution in [3.8, 4) is 0 Å². The van der Waals surface area contributed by atoms with Gasteiger partial charge in [0, 0.05) is 26.3 Å². The summed E-state index contributed by atoms with van der Waals surface area (Å²) in [5.74, 6) is -0.356. The SMILES string of the molecule is O=C1CCc2cc(I)ccc2N1Cc1ccc(Cl)cc1F. The number of hydrogen-bond donors (Lipinski definition) is 0. The summed E-state index contributed by atoms with van der Waals surface area (Å²) in [6.45, 7) is 0.232. The number of anilines is 1. The van der Waals surface area contributed by atoms with Gasteiger partial charge in [-0.2, -0.15) is 0 Å². The highest BCUT2D eigenvalue weighted by Crippen LogP contribution is 2.31. The highest BCUT2D eigenvalue weighted by Gasteiger charge is 2.25. The maximum absolute atomic E-state index is 13.9. The highest BCUT2D eigenvalue weighted by atomic mass is 127. The number of halogens is 3. The van der Waals surface area contributed by atoms with E-state index in [9.17, 15) is 9.18 Å². The lowest BCUT2D eigenvalue weighted by Crippen LogP contribution is -2.34. The van der Waals surface area contributed by atoms with E-state index in [0.29, 0.717) is 17.0 Å². The monoisotopic (exact) mass is 415 g/mol. The molecule has 21 heavy (non-hydrogen) atoms. The van der Waals surface area contributed by atoms with Crippen LogP contribution in [0, 0.1) is 9.39 Å². The first-order valence-corrected chi connectivity index (χ1v) is 8.03. The van der Waals surface area contributed by atoms with Crippen LogP contribution in [0.3, 0.4) is 0 Å². The molecule has 2 aromatic carbocycles. The van der Waals surface area contributed by atoms with Crippen molar-refractivity contribution in [2.45, 2.75) is 19.4 Å². The molecule has 0 aromatic heterocycles. The van der Waals surface area contributed by atoms with Gasteiger partial charge in [0.05, 0.1) is 6.54 Å². The quantitative estimate of drug-likeness (QED) is 0.658. The second kappa shape index (κ2) is 5.93. The third kappa shape index (κ3) is 3.06. The molecule has 1 heterocycles. The molecule has 0 saturated heterocycles. The Morgan fingerprint density at radius 1 is 1.19 bits per heavy atom. The Hall–Kier alpha value is -1.14. The van der Waals surface area contributed by atoms with E-state index in [1.807, 2.05) is 12.1 Å². The number of amides is 1. The van der Waals surface area contributed by atoms with E-state index in [0.717, 1.165) is 21.2 Å². The third-order valence-corrected chi connectivity index (χ3v) is 4.49. The molecular weight excluding hydrogens is 404 g/mol. The molecule has 0 aliphatic carbocycles. The van der Waals surface area contributed by atoms with Gasteiger partial charge in [-0.25, -0.2) is 4.39 Å². The molecule has 0 spiro atoms. The van der Waals surface area contributed by atoms with Gasteiger partial charge in [-0.15, -0.1) is 0 Å². The first-order valence-electron chi connectivity index (χ1n) is 6.57. The van der Waals surface area contributed by atoms with E-state index < -0.39 is 0 Å². The Morgan fingerprint density at radius 3 is 2.76 bits per heavy atom. The number of fused-ring (bicyclic) bond motifs is 1. The molecule has 0 saturated carbocycles. The smallest absolute Gasteiger partial charge is 0.227 e. The third-order valence-electron chi connectivity index (χ3n) is 3.59. The highest BCUT2D eigenvalue weighted by molar-refractivity contribution is 14.1. The summed E-state index contributed by atoms with van der Waals surface area (Å²) in [4.78, 5) is 13.9. The summed E-state index contributed by atoms with van der Waals surface area (Å²) in [5, 5.41) is 0.358. The van der Waals surface area contributed by atoms with Crippen molar-refractivity contribution in [3.05, 3.63) is 61.9 Å². The Balaban J connectivity index is 1.96. The summed E-state index contributed by atoms with van der Waals surface area (Å²) < 4.78 is 15.1. The zero-order chi connectivity index (χ0) is 15.0. The van der Waals surface area contributed by atoms with Gasteiger partial charge in [0.2, 0.25) is 5.91 Å². The van der Waals surface area contributed by atoms with Crippen molar-refractivity contribution in [1.29, 1.82) is 0 Å². The normalized spacial score (nSPS) is 14.2. The molecule has 0 atom stereocenters. The minimum absolute atomic E-state index is 0.0260. The van der Waals surface area contributed by atoms with E-state index in [-0.39, 0.29) is 18.3 Å². The van der Waals surface area contributed by atoms with Crippen molar-refractivity contribution in [3.63, 3.8) is 0 Å². The molecule has 0 unspecified atom stereocenters. The molecule has 108 valence electrons. The van der Waals surface area contributed by atoms with E-state index in [1.54, 1.807) is 17.0 Å².